The van der Waals surface area contributed by atoms with Crippen LogP contribution in [0.25, 0.3) is 0 Å². The summed E-state index contributed by atoms with van der Waals surface area (Å²) in [5.41, 5.74) is 0. The van der Waals surface area contributed by atoms with Crippen LogP contribution in [0, 0.1) is 0 Å². The third kappa shape index (κ3) is 2.86. The Morgan fingerprint density at radius 1 is 0.857 bits per heavy atom. The van der Waals surface area contributed by atoms with E-state index in [2.05, 4.69) is 0 Å². The van der Waals surface area contributed by atoms with Crippen molar-refractivity contribution in [1.29, 1.82) is 0 Å². The Balaban J connectivity index is 2.99. The first kappa shape index (κ1) is 7.22. The molecule has 0 heterocycles. The van der Waals surface area contributed by atoms with Gasteiger partial charge in [0.15, 0.2) is 0 Å². The zero-order chi connectivity index (χ0) is 5.70. The van der Waals surface area contributed by atoms with E-state index in [1.54, 1.807) is 0 Å². The molecule has 0 aliphatic rings. The van der Waals surface area contributed by atoms with Crippen LogP contribution in [0.1, 0.15) is 0 Å². The van der Waals surface area contributed by atoms with Crippen molar-refractivity contribution in [3.63, 3.8) is 0 Å². The highest BCUT2D eigenvalue weighted by Gasteiger charge is 2.03. The van der Waals surface area contributed by atoms with Crippen LogP contribution in [-0.2, 0) is 0 Å². The topological polar surface area (TPSA) is 0 Å². The molecule has 0 aliphatic heterocycles. The molecule has 0 saturated carbocycles. The second-order valence-electron chi connectivity index (χ2n) is 1.03. The first-order valence-electron chi connectivity index (χ1n) is 1.75. The van der Waals surface area contributed by atoms with E-state index in [1.165, 1.54) is 0 Å². The highest BCUT2D eigenvalue weighted by molar-refractivity contribution is 7.56. The lowest BCUT2D eigenvalue weighted by Crippen LogP contribution is -1.79. The molecule has 0 unspecified atom stereocenters. The summed E-state index contributed by atoms with van der Waals surface area (Å²) in [6.07, 6.45) is -2.49. The first-order valence-corrected chi connectivity index (χ1v) is 3.65. The summed E-state index contributed by atoms with van der Waals surface area (Å²) in [6, 6.07) is 0. The van der Waals surface area contributed by atoms with Crippen LogP contribution >= 0.6 is 7.92 Å². The first-order chi connectivity index (χ1) is 3.35. The van der Waals surface area contributed by atoms with Crippen molar-refractivity contribution in [2.75, 3.05) is 19.2 Å². The molecule has 0 aromatic carbocycles. The van der Waals surface area contributed by atoms with Crippen LogP contribution in [0.2, 0.25) is 0 Å². The highest BCUT2D eigenvalue weighted by atomic mass is 31.1. The van der Waals surface area contributed by atoms with Crippen molar-refractivity contribution in [2.45, 2.75) is 0 Å². The molecule has 0 N–H and O–H groups in total. The van der Waals surface area contributed by atoms with Gasteiger partial charge in [-0.3, -0.25) is 0 Å². The van der Waals surface area contributed by atoms with Crippen LogP contribution in [0.15, 0.2) is 0 Å². The SMILES string of the molecule is FCP(CF)CF. The van der Waals surface area contributed by atoms with E-state index in [4.69, 9.17) is 0 Å². The van der Waals surface area contributed by atoms with Gasteiger partial charge in [-0.1, -0.05) is 0 Å². The second kappa shape index (κ2) is 4.38. The molecule has 0 aromatic rings. The van der Waals surface area contributed by atoms with E-state index in [0.717, 1.165) is 0 Å². The number of hydrogen-bond acceptors (Lipinski definition) is 0. The number of alkyl halides is 3. The number of halogens is 3. The average Bonchev–Trinajstić information content (AvgIpc) is 1.72. The molecular weight excluding hydrogens is 124 g/mol. The third-order valence-electron chi connectivity index (χ3n) is 0.507. The summed E-state index contributed by atoms with van der Waals surface area (Å²) in [7, 11) is -1.55. The van der Waals surface area contributed by atoms with Crippen molar-refractivity contribution in [1.82, 2.24) is 0 Å². The smallest absolute Gasteiger partial charge is 0.113 e. The van der Waals surface area contributed by atoms with Crippen molar-refractivity contribution >= 4 is 7.92 Å². The molecule has 0 fully saturated rings. The fourth-order valence-electron chi connectivity index (χ4n) is 0.0958. The zero-order valence-corrected chi connectivity index (χ0v) is 4.60. The minimum atomic E-state index is -1.55. The minimum absolute atomic E-state index is 0.831. The highest BCUT2D eigenvalue weighted by Crippen LogP contribution is 2.34. The van der Waals surface area contributed by atoms with E-state index in [0.29, 0.717) is 0 Å². The standard InChI is InChI=1S/C3H6F3P/c4-1-7(2-5)3-6/h1-3H2. The van der Waals surface area contributed by atoms with Crippen LogP contribution in [0.5, 0.6) is 0 Å². The maximum Gasteiger partial charge on any atom is 0.113 e. The maximum absolute atomic E-state index is 11.2. The van der Waals surface area contributed by atoms with Gasteiger partial charge < -0.3 is 0 Å². The molecule has 0 spiro atoms. The van der Waals surface area contributed by atoms with E-state index in [1.807, 2.05) is 0 Å². The maximum atomic E-state index is 11.2. The summed E-state index contributed by atoms with van der Waals surface area (Å²) in [5, 5.41) is 0. The molecule has 7 heavy (non-hydrogen) atoms. The van der Waals surface area contributed by atoms with Crippen LogP contribution < -0.4 is 0 Å². The number of rotatable bonds is 3. The largest absolute Gasteiger partial charge is 0.246 e. The van der Waals surface area contributed by atoms with Gasteiger partial charge in [-0.15, -0.1) is 0 Å². The lowest BCUT2D eigenvalue weighted by Gasteiger charge is -1.98. The van der Waals surface area contributed by atoms with Gasteiger partial charge in [0, 0.05) is 0 Å². The van der Waals surface area contributed by atoms with E-state index in [-0.39, 0.29) is 0 Å². The van der Waals surface area contributed by atoms with Crippen LogP contribution in [0.3, 0.4) is 0 Å². The predicted octanol–water partition coefficient (Wildman–Crippen LogP) is 2.25. The quantitative estimate of drug-likeness (QED) is 0.514. The van der Waals surface area contributed by atoms with Crippen molar-refractivity contribution in [3.05, 3.63) is 0 Å². The predicted molar refractivity (Wildman–Crippen MR) is 24.8 cm³/mol. The van der Waals surface area contributed by atoms with E-state index >= 15 is 0 Å². The molecular formula is C3H6F3P. The minimum Gasteiger partial charge on any atom is -0.246 e. The summed E-state index contributed by atoms with van der Waals surface area (Å²) < 4.78 is 33.6. The van der Waals surface area contributed by atoms with Crippen molar-refractivity contribution in [2.24, 2.45) is 0 Å². The molecule has 0 bridgehead atoms. The molecule has 0 aromatic heterocycles. The van der Waals surface area contributed by atoms with Crippen molar-refractivity contribution < 1.29 is 13.2 Å². The number of hydrogen-bond donors (Lipinski definition) is 0. The Labute approximate surface area is 41.5 Å². The Hall–Kier alpha value is 0.220. The molecule has 0 rings (SSSR count). The lowest BCUT2D eigenvalue weighted by molar-refractivity contribution is 0.536. The third-order valence-corrected chi connectivity index (χ3v) is 1.52. The summed E-state index contributed by atoms with van der Waals surface area (Å²) in [5.74, 6) is 0. The van der Waals surface area contributed by atoms with Gasteiger partial charge in [0.1, 0.15) is 19.2 Å². The zero-order valence-electron chi connectivity index (χ0n) is 3.70. The van der Waals surface area contributed by atoms with Crippen LogP contribution in [0.4, 0.5) is 13.2 Å². The van der Waals surface area contributed by atoms with Gasteiger partial charge >= 0.3 is 0 Å². The average molecular weight is 130 g/mol. The Bertz CT molecular complexity index is 31.7. The molecule has 0 radical (unpaired) electrons. The molecule has 4 heteroatoms. The molecule has 0 saturated heterocycles. The summed E-state index contributed by atoms with van der Waals surface area (Å²) in [4.78, 5) is 0. The fourth-order valence-corrected chi connectivity index (χ4v) is 0.287. The molecule has 0 aliphatic carbocycles. The van der Waals surface area contributed by atoms with Crippen molar-refractivity contribution in [3.8, 4) is 0 Å². The van der Waals surface area contributed by atoms with Gasteiger partial charge in [-0.25, -0.2) is 13.2 Å². The molecule has 0 atom stereocenters. The van der Waals surface area contributed by atoms with Gasteiger partial charge in [0.05, 0.1) is 0 Å². The Kier molecular flexibility index (Phi) is 4.52. The van der Waals surface area contributed by atoms with Gasteiger partial charge in [0.25, 0.3) is 0 Å². The Morgan fingerprint density at radius 2 is 1.14 bits per heavy atom. The Morgan fingerprint density at radius 3 is 1.14 bits per heavy atom. The van der Waals surface area contributed by atoms with E-state index in [9.17, 15) is 13.2 Å². The molecule has 0 amide bonds. The van der Waals surface area contributed by atoms with Gasteiger partial charge in [0.2, 0.25) is 0 Å². The lowest BCUT2D eigenvalue weighted by atomic mass is 11.7. The van der Waals surface area contributed by atoms with Gasteiger partial charge in [-0.05, 0) is 7.92 Å². The fraction of sp³-hybridized carbons (Fsp3) is 1.00. The van der Waals surface area contributed by atoms with E-state index < -0.39 is 27.2 Å². The molecule has 0 nitrogen and oxygen atoms in total. The summed E-state index contributed by atoms with van der Waals surface area (Å²) in [6.45, 7) is 0. The van der Waals surface area contributed by atoms with Gasteiger partial charge in [-0.2, -0.15) is 0 Å². The molecule has 44 valence electrons. The second-order valence-corrected chi connectivity index (χ2v) is 3.09. The van der Waals surface area contributed by atoms with Crippen LogP contribution in [-0.4, -0.2) is 19.2 Å². The monoisotopic (exact) mass is 130 g/mol. The summed E-state index contributed by atoms with van der Waals surface area (Å²) >= 11 is 0. The normalized spacial score (nSPS) is 10.3.